The molecule has 0 atom stereocenters. The highest BCUT2D eigenvalue weighted by molar-refractivity contribution is 5.99. The maximum atomic E-state index is 12.4. The monoisotopic (exact) mass is 352 g/mol. The van der Waals surface area contributed by atoms with E-state index in [-0.39, 0.29) is 11.6 Å². The number of nitro groups is 1. The molecule has 4 rings (SSSR count). The molecule has 26 heavy (non-hydrogen) atoms. The summed E-state index contributed by atoms with van der Waals surface area (Å²) in [5, 5.41) is 12.6. The second-order valence-electron chi connectivity index (χ2n) is 6.07. The highest BCUT2D eigenvalue weighted by Gasteiger charge is 2.25. The molecule has 0 saturated carbocycles. The summed E-state index contributed by atoms with van der Waals surface area (Å²) in [6, 6.07) is 6.74. The topological polar surface area (TPSA) is 92.7 Å². The summed E-state index contributed by atoms with van der Waals surface area (Å²) in [5.74, 6) is -0.0452. The summed E-state index contributed by atoms with van der Waals surface area (Å²) in [6.45, 7) is 2.46. The summed E-state index contributed by atoms with van der Waals surface area (Å²) in [6.07, 6.45) is 6.09. The Morgan fingerprint density at radius 2 is 1.92 bits per heavy atom. The molecule has 0 N–H and O–H groups in total. The van der Waals surface area contributed by atoms with Crippen LogP contribution in [0.1, 0.15) is 10.4 Å². The van der Waals surface area contributed by atoms with Gasteiger partial charge in [0.2, 0.25) is 0 Å². The fourth-order valence-electron chi connectivity index (χ4n) is 3.31. The Bertz CT molecular complexity index is 962. The van der Waals surface area contributed by atoms with Crippen LogP contribution in [0.15, 0.2) is 53.6 Å². The minimum absolute atomic E-state index is 0.0452. The van der Waals surface area contributed by atoms with Crippen molar-refractivity contribution >= 4 is 28.1 Å². The van der Waals surface area contributed by atoms with Crippen LogP contribution in [-0.2, 0) is 0 Å². The van der Waals surface area contributed by atoms with Gasteiger partial charge >= 0.3 is 0 Å². The van der Waals surface area contributed by atoms with Gasteiger partial charge in [0.05, 0.1) is 22.1 Å². The van der Waals surface area contributed by atoms with E-state index >= 15 is 0 Å². The predicted molar refractivity (Wildman–Crippen MR) is 95.2 cm³/mol. The van der Waals surface area contributed by atoms with Crippen molar-refractivity contribution in [1.29, 1.82) is 0 Å². The Kier molecular flexibility index (Phi) is 4.00. The van der Waals surface area contributed by atoms with Gasteiger partial charge in [0.25, 0.3) is 11.6 Å². The van der Waals surface area contributed by atoms with E-state index in [1.54, 1.807) is 29.3 Å². The van der Waals surface area contributed by atoms with E-state index in [0.717, 1.165) is 11.1 Å². The first kappa shape index (κ1) is 16.1. The summed E-state index contributed by atoms with van der Waals surface area (Å²) < 4.78 is 4.98. The van der Waals surface area contributed by atoms with Crippen molar-refractivity contribution in [3.63, 3.8) is 0 Å². The Morgan fingerprint density at radius 1 is 1.12 bits per heavy atom. The minimum Gasteiger partial charge on any atom is -0.472 e. The third-order valence-corrected chi connectivity index (χ3v) is 4.64. The quantitative estimate of drug-likeness (QED) is 0.531. The second-order valence-corrected chi connectivity index (χ2v) is 6.07. The zero-order valence-electron chi connectivity index (χ0n) is 13.9. The number of amides is 1. The number of nitro benzene ring substituents is 1. The smallest absolute Gasteiger partial charge is 0.278 e. The first-order valence-corrected chi connectivity index (χ1v) is 8.22. The molecule has 1 aliphatic heterocycles. The lowest BCUT2D eigenvalue weighted by atomic mass is 10.1. The number of carbonyl (C=O) groups excluding carboxylic acids is 1. The molecule has 2 aromatic heterocycles. The van der Waals surface area contributed by atoms with Crippen molar-refractivity contribution in [3.05, 3.63) is 64.9 Å². The average molecular weight is 352 g/mol. The summed E-state index contributed by atoms with van der Waals surface area (Å²) >= 11 is 0. The van der Waals surface area contributed by atoms with Gasteiger partial charge in [0.1, 0.15) is 6.26 Å². The van der Waals surface area contributed by atoms with Crippen LogP contribution < -0.4 is 4.90 Å². The van der Waals surface area contributed by atoms with E-state index < -0.39 is 4.92 Å². The van der Waals surface area contributed by atoms with Gasteiger partial charge in [-0.1, -0.05) is 0 Å². The Morgan fingerprint density at radius 3 is 2.62 bits per heavy atom. The SMILES string of the molecule is O=C(c1ccoc1)N1CCN(c2ccc([N+](=O)[O-])c3cnccc23)CC1. The lowest BCUT2D eigenvalue weighted by Gasteiger charge is -2.36. The van der Waals surface area contributed by atoms with Crippen molar-refractivity contribution < 1.29 is 14.1 Å². The fourth-order valence-corrected chi connectivity index (χ4v) is 3.31. The molecule has 132 valence electrons. The summed E-state index contributed by atoms with van der Waals surface area (Å²) in [7, 11) is 0. The van der Waals surface area contributed by atoms with Crippen LogP contribution in [-0.4, -0.2) is 46.9 Å². The van der Waals surface area contributed by atoms with Crippen LogP contribution in [0.5, 0.6) is 0 Å². The minimum atomic E-state index is -0.394. The Balaban J connectivity index is 1.58. The number of hydrogen-bond donors (Lipinski definition) is 0. The molecule has 3 heterocycles. The van der Waals surface area contributed by atoms with E-state index in [0.29, 0.717) is 37.1 Å². The van der Waals surface area contributed by atoms with Crippen molar-refractivity contribution in [1.82, 2.24) is 9.88 Å². The number of hydrogen-bond acceptors (Lipinski definition) is 6. The van der Waals surface area contributed by atoms with E-state index in [1.807, 2.05) is 0 Å². The molecular weight excluding hydrogens is 336 g/mol. The Hall–Kier alpha value is -3.42. The molecule has 1 aromatic carbocycles. The van der Waals surface area contributed by atoms with Crippen LogP contribution in [0, 0.1) is 10.1 Å². The molecular formula is C18H16N4O4. The standard InChI is InChI=1S/C18H16N4O4/c23-18(13-4-10-26-12-13)21-8-6-20(7-9-21)16-1-2-17(22(24)25)15-11-19-5-3-14(15)16/h1-5,10-12H,6-9H2. The molecule has 3 aromatic rings. The third kappa shape index (κ3) is 2.75. The molecule has 0 aliphatic carbocycles. The molecule has 0 unspecified atom stereocenters. The molecule has 8 heteroatoms. The van der Waals surface area contributed by atoms with E-state index in [9.17, 15) is 14.9 Å². The summed E-state index contributed by atoms with van der Waals surface area (Å²) in [5.41, 5.74) is 1.51. The Labute approximate surface area is 148 Å². The van der Waals surface area contributed by atoms with Gasteiger partial charge in [-0.25, -0.2) is 0 Å². The number of aromatic nitrogens is 1. The van der Waals surface area contributed by atoms with Gasteiger partial charge in [-0.3, -0.25) is 19.9 Å². The number of fused-ring (bicyclic) bond motifs is 1. The van der Waals surface area contributed by atoms with Crippen LogP contribution in [0.3, 0.4) is 0 Å². The summed E-state index contributed by atoms with van der Waals surface area (Å²) in [4.78, 5) is 31.2. The fraction of sp³-hybridized carbons (Fsp3) is 0.222. The third-order valence-electron chi connectivity index (χ3n) is 4.64. The van der Waals surface area contributed by atoms with Crippen molar-refractivity contribution in [2.45, 2.75) is 0 Å². The number of benzene rings is 1. The number of non-ortho nitro benzene ring substituents is 1. The van der Waals surface area contributed by atoms with Gasteiger partial charge in [0.15, 0.2) is 0 Å². The number of furan rings is 1. The van der Waals surface area contributed by atoms with E-state index in [2.05, 4.69) is 9.88 Å². The maximum absolute atomic E-state index is 12.4. The predicted octanol–water partition coefficient (Wildman–Crippen LogP) is 2.70. The van der Waals surface area contributed by atoms with Gasteiger partial charge in [0, 0.05) is 55.7 Å². The van der Waals surface area contributed by atoms with Crippen LogP contribution in [0.25, 0.3) is 10.8 Å². The molecule has 0 spiro atoms. The lowest BCUT2D eigenvalue weighted by Crippen LogP contribution is -2.48. The molecule has 1 amide bonds. The van der Waals surface area contributed by atoms with Crippen molar-refractivity contribution in [2.75, 3.05) is 31.1 Å². The largest absolute Gasteiger partial charge is 0.472 e. The zero-order valence-corrected chi connectivity index (χ0v) is 13.9. The molecule has 0 bridgehead atoms. The second kappa shape index (κ2) is 6.47. The zero-order chi connectivity index (χ0) is 18.1. The number of carbonyl (C=O) groups is 1. The number of nitrogens with zero attached hydrogens (tertiary/aromatic N) is 4. The van der Waals surface area contributed by atoms with Gasteiger partial charge in [-0.15, -0.1) is 0 Å². The average Bonchev–Trinajstić information content (AvgIpc) is 3.21. The first-order chi connectivity index (χ1) is 12.6. The van der Waals surface area contributed by atoms with Gasteiger partial charge < -0.3 is 14.2 Å². The van der Waals surface area contributed by atoms with Gasteiger partial charge in [-0.2, -0.15) is 0 Å². The number of piperazine rings is 1. The lowest BCUT2D eigenvalue weighted by molar-refractivity contribution is -0.383. The molecule has 8 nitrogen and oxygen atoms in total. The molecule has 0 radical (unpaired) electrons. The van der Waals surface area contributed by atoms with Gasteiger partial charge in [-0.05, 0) is 18.2 Å². The van der Waals surface area contributed by atoms with E-state index in [1.165, 1.54) is 24.8 Å². The van der Waals surface area contributed by atoms with Crippen molar-refractivity contribution in [3.8, 4) is 0 Å². The number of rotatable bonds is 3. The molecule has 1 saturated heterocycles. The normalized spacial score (nSPS) is 14.6. The van der Waals surface area contributed by atoms with E-state index in [4.69, 9.17) is 4.42 Å². The highest BCUT2D eigenvalue weighted by atomic mass is 16.6. The molecule has 1 aliphatic rings. The highest BCUT2D eigenvalue weighted by Crippen LogP contribution is 2.33. The number of pyridine rings is 1. The van der Waals surface area contributed by atoms with Crippen LogP contribution in [0.2, 0.25) is 0 Å². The van der Waals surface area contributed by atoms with Crippen LogP contribution >= 0.6 is 0 Å². The maximum Gasteiger partial charge on any atom is 0.278 e. The van der Waals surface area contributed by atoms with Crippen LogP contribution in [0.4, 0.5) is 11.4 Å². The van der Waals surface area contributed by atoms with Crippen molar-refractivity contribution in [2.24, 2.45) is 0 Å². The number of anilines is 1. The first-order valence-electron chi connectivity index (χ1n) is 8.22. The molecule has 1 fully saturated rings.